The van der Waals surface area contributed by atoms with E-state index in [-0.39, 0.29) is 5.78 Å². The van der Waals surface area contributed by atoms with Crippen LogP contribution in [0.1, 0.15) is 40.5 Å². The Hall–Kier alpha value is -0.850. The lowest BCUT2D eigenvalue weighted by atomic mass is 10.2. The zero-order valence-electron chi connectivity index (χ0n) is 9.13. The van der Waals surface area contributed by atoms with E-state index in [0.29, 0.717) is 0 Å². The normalized spacial score (nSPS) is 16.8. The zero-order chi connectivity index (χ0) is 10.3. The maximum atomic E-state index is 10.4. The molecule has 0 spiro atoms. The van der Waals surface area contributed by atoms with E-state index in [4.69, 9.17) is 0 Å². The van der Waals surface area contributed by atoms with Gasteiger partial charge in [-0.3, -0.25) is 4.79 Å². The minimum absolute atomic E-state index is 0.102. The van der Waals surface area contributed by atoms with Crippen molar-refractivity contribution < 1.29 is 4.79 Å². The van der Waals surface area contributed by atoms with Gasteiger partial charge in [-0.05, 0) is 38.3 Å². The van der Waals surface area contributed by atoms with E-state index >= 15 is 0 Å². The lowest BCUT2D eigenvalue weighted by Gasteiger charge is -1.85. The minimum atomic E-state index is 0.102. The van der Waals surface area contributed by atoms with Gasteiger partial charge in [0.1, 0.15) is 0 Å². The lowest BCUT2D eigenvalue weighted by Crippen LogP contribution is -1.81. The Labute approximate surface area is 81.5 Å². The van der Waals surface area contributed by atoms with E-state index < -0.39 is 0 Å². The zero-order valence-corrected chi connectivity index (χ0v) is 9.13. The van der Waals surface area contributed by atoms with Crippen molar-refractivity contribution in [1.29, 1.82) is 0 Å². The standard InChI is InChI=1S/C8H12O.C4H8/c1-4-5-7(2)6-8(3)9;1-4-2-3-4/h4-6H,1-3H3;4H,2-3H2,1H3/b5-4-,7-6-;. The van der Waals surface area contributed by atoms with Crippen LogP contribution >= 0.6 is 0 Å². The maximum absolute atomic E-state index is 10.4. The van der Waals surface area contributed by atoms with Gasteiger partial charge in [0.25, 0.3) is 0 Å². The molecule has 1 saturated carbocycles. The molecule has 1 fully saturated rings. The second-order valence-corrected chi connectivity index (χ2v) is 3.68. The highest BCUT2D eigenvalue weighted by molar-refractivity contribution is 5.88. The highest BCUT2D eigenvalue weighted by atomic mass is 16.1. The first kappa shape index (κ1) is 12.2. The first-order valence-corrected chi connectivity index (χ1v) is 4.87. The van der Waals surface area contributed by atoms with Crippen molar-refractivity contribution >= 4 is 5.78 Å². The fourth-order valence-corrected chi connectivity index (χ4v) is 0.798. The van der Waals surface area contributed by atoms with E-state index in [1.807, 2.05) is 26.0 Å². The molecular formula is C12H20O. The molecular weight excluding hydrogens is 160 g/mol. The van der Waals surface area contributed by atoms with E-state index in [2.05, 4.69) is 6.92 Å². The van der Waals surface area contributed by atoms with Gasteiger partial charge in [-0.2, -0.15) is 0 Å². The molecule has 0 aliphatic heterocycles. The molecule has 0 amide bonds. The fourth-order valence-electron chi connectivity index (χ4n) is 0.798. The number of carbonyl (C=O) groups excluding carboxylic acids is 1. The van der Waals surface area contributed by atoms with Gasteiger partial charge in [-0.1, -0.05) is 31.9 Å². The lowest BCUT2D eigenvalue weighted by molar-refractivity contribution is -0.112. The smallest absolute Gasteiger partial charge is 0.152 e. The van der Waals surface area contributed by atoms with Crippen LogP contribution in [0.5, 0.6) is 0 Å². The predicted molar refractivity (Wildman–Crippen MR) is 57.7 cm³/mol. The number of ketones is 1. The summed E-state index contributed by atoms with van der Waals surface area (Å²) >= 11 is 0. The molecule has 74 valence electrons. The van der Waals surface area contributed by atoms with Gasteiger partial charge in [-0.15, -0.1) is 0 Å². The Morgan fingerprint density at radius 1 is 1.31 bits per heavy atom. The minimum Gasteiger partial charge on any atom is -0.295 e. The monoisotopic (exact) mass is 180 g/mol. The molecule has 0 bridgehead atoms. The van der Waals surface area contributed by atoms with Crippen molar-refractivity contribution in [2.75, 3.05) is 0 Å². The molecule has 0 heterocycles. The Bertz CT molecular complexity index is 207. The van der Waals surface area contributed by atoms with Gasteiger partial charge < -0.3 is 0 Å². The van der Waals surface area contributed by atoms with Crippen LogP contribution in [0.2, 0.25) is 0 Å². The predicted octanol–water partition coefficient (Wildman–Crippen LogP) is 3.51. The van der Waals surface area contributed by atoms with Crippen LogP contribution in [0, 0.1) is 5.92 Å². The third-order valence-electron chi connectivity index (χ3n) is 1.73. The van der Waals surface area contributed by atoms with E-state index in [9.17, 15) is 4.79 Å². The van der Waals surface area contributed by atoms with E-state index in [1.54, 1.807) is 13.0 Å². The molecule has 1 nitrogen and oxygen atoms in total. The summed E-state index contributed by atoms with van der Waals surface area (Å²) in [7, 11) is 0. The first-order valence-electron chi connectivity index (χ1n) is 4.87. The van der Waals surface area contributed by atoms with Crippen LogP contribution in [-0.2, 0) is 4.79 Å². The number of hydrogen-bond acceptors (Lipinski definition) is 1. The summed E-state index contributed by atoms with van der Waals surface area (Å²) in [5.74, 6) is 1.19. The molecule has 0 aromatic carbocycles. The van der Waals surface area contributed by atoms with Gasteiger partial charge in [-0.25, -0.2) is 0 Å². The van der Waals surface area contributed by atoms with Gasteiger partial charge in [0.2, 0.25) is 0 Å². The topological polar surface area (TPSA) is 17.1 Å². The molecule has 0 N–H and O–H groups in total. The largest absolute Gasteiger partial charge is 0.295 e. The summed E-state index contributed by atoms with van der Waals surface area (Å²) < 4.78 is 0. The van der Waals surface area contributed by atoms with E-state index in [0.717, 1.165) is 11.5 Å². The van der Waals surface area contributed by atoms with Crippen molar-refractivity contribution in [3.8, 4) is 0 Å². The molecule has 0 atom stereocenters. The second kappa shape index (κ2) is 6.64. The highest BCUT2D eigenvalue weighted by Gasteiger charge is 2.12. The first-order chi connectivity index (χ1) is 6.06. The fraction of sp³-hybridized carbons (Fsp3) is 0.583. The average Bonchev–Trinajstić information content (AvgIpc) is 2.71. The van der Waals surface area contributed by atoms with Crippen molar-refractivity contribution in [1.82, 2.24) is 0 Å². The van der Waals surface area contributed by atoms with Crippen LogP contribution in [0.4, 0.5) is 0 Å². The second-order valence-electron chi connectivity index (χ2n) is 3.68. The van der Waals surface area contributed by atoms with Crippen molar-refractivity contribution in [3.63, 3.8) is 0 Å². The van der Waals surface area contributed by atoms with Gasteiger partial charge in [0.15, 0.2) is 5.78 Å². The number of hydrogen-bond donors (Lipinski definition) is 0. The SMILES string of the molecule is C/C=C\C(C)=C/C(C)=O.CC1CC1. The third kappa shape index (κ3) is 11.1. The average molecular weight is 180 g/mol. The molecule has 1 rings (SSSR count). The molecule has 0 saturated heterocycles. The quantitative estimate of drug-likeness (QED) is 0.469. The highest BCUT2D eigenvalue weighted by Crippen LogP contribution is 2.26. The summed E-state index contributed by atoms with van der Waals surface area (Å²) in [6.07, 6.45) is 8.40. The third-order valence-corrected chi connectivity index (χ3v) is 1.73. The van der Waals surface area contributed by atoms with Crippen LogP contribution in [0.25, 0.3) is 0 Å². The molecule has 1 aliphatic rings. The summed E-state index contributed by atoms with van der Waals surface area (Å²) in [5, 5.41) is 0. The Kier molecular flexibility index (Phi) is 6.21. The molecule has 0 radical (unpaired) electrons. The van der Waals surface area contributed by atoms with Crippen molar-refractivity contribution in [2.45, 2.75) is 40.5 Å². The van der Waals surface area contributed by atoms with Crippen LogP contribution in [0.15, 0.2) is 23.8 Å². The molecule has 13 heavy (non-hydrogen) atoms. The molecule has 1 aliphatic carbocycles. The maximum Gasteiger partial charge on any atom is 0.152 e. The Balaban J connectivity index is 0.000000293. The van der Waals surface area contributed by atoms with Gasteiger partial charge in [0.05, 0.1) is 0 Å². The van der Waals surface area contributed by atoms with Crippen LogP contribution < -0.4 is 0 Å². The summed E-state index contributed by atoms with van der Waals surface area (Å²) in [4.78, 5) is 10.4. The Morgan fingerprint density at radius 3 is 2.00 bits per heavy atom. The molecule has 0 aromatic rings. The number of rotatable bonds is 2. The molecule has 1 heteroatoms. The van der Waals surface area contributed by atoms with Crippen LogP contribution in [-0.4, -0.2) is 5.78 Å². The number of carbonyl (C=O) groups is 1. The van der Waals surface area contributed by atoms with Gasteiger partial charge in [0, 0.05) is 0 Å². The summed E-state index contributed by atoms with van der Waals surface area (Å²) in [6, 6.07) is 0. The summed E-state index contributed by atoms with van der Waals surface area (Å²) in [5.41, 5.74) is 1.00. The van der Waals surface area contributed by atoms with E-state index in [1.165, 1.54) is 12.8 Å². The summed E-state index contributed by atoms with van der Waals surface area (Å²) in [6.45, 7) is 7.66. The van der Waals surface area contributed by atoms with Crippen LogP contribution in [0.3, 0.4) is 0 Å². The van der Waals surface area contributed by atoms with Gasteiger partial charge >= 0.3 is 0 Å². The number of allylic oxidation sites excluding steroid dienone is 4. The Morgan fingerprint density at radius 2 is 1.77 bits per heavy atom. The molecule has 0 unspecified atom stereocenters. The molecule has 0 aromatic heterocycles. The van der Waals surface area contributed by atoms with Crippen molar-refractivity contribution in [2.24, 2.45) is 5.92 Å². The van der Waals surface area contributed by atoms with Crippen molar-refractivity contribution in [3.05, 3.63) is 23.8 Å².